The number of hydrogen-bond donors (Lipinski definition) is 1. The van der Waals surface area contributed by atoms with Gasteiger partial charge in [0.1, 0.15) is 4.88 Å². The number of carbonyl (C=O) groups is 1. The van der Waals surface area contributed by atoms with Crippen LogP contribution in [0.15, 0.2) is 18.5 Å². The van der Waals surface area contributed by atoms with Gasteiger partial charge in [-0.2, -0.15) is 0 Å². The van der Waals surface area contributed by atoms with Gasteiger partial charge in [-0.1, -0.05) is 13.3 Å². The van der Waals surface area contributed by atoms with Crippen molar-refractivity contribution in [2.24, 2.45) is 0 Å². The highest BCUT2D eigenvalue weighted by Gasteiger charge is 2.19. The average molecular weight is 263 g/mol. The number of hydrogen-bond acceptors (Lipinski definition) is 4. The molecular formula is C13H17N3OS. The Hall–Kier alpha value is -1.62. The maximum atomic E-state index is 12.3. The summed E-state index contributed by atoms with van der Waals surface area (Å²) in [6.45, 7) is 2.87. The standard InChI is InChI=1S/C13H17N3OS/c1-3-4-7-16(2)13(17)12-11(14)9-5-6-15-8-10(9)18-12/h5-6,8H,3-4,7,14H2,1-2H3. The molecule has 0 aliphatic rings. The van der Waals surface area contributed by atoms with Gasteiger partial charge in [-0.3, -0.25) is 9.78 Å². The van der Waals surface area contributed by atoms with Crippen LogP contribution in [-0.4, -0.2) is 29.4 Å². The van der Waals surface area contributed by atoms with Gasteiger partial charge in [0.2, 0.25) is 0 Å². The number of fused-ring (bicyclic) bond motifs is 1. The van der Waals surface area contributed by atoms with Crippen molar-refractivity contribution < 1.29 is 4.79 Å². The summed E-state index contributed by atoms with van der Waals surface area (Å²) in [5.74, 6) is 0.00199. The summed E-state index contributed by atoms with van der Waals surface area (Å²) < 4.78 is 0.960. The summed E-state index contributed by atoms with van der Waals surface area (Å²) in [5, 5.41) is 0.919. The fourth-order valence-electron chi connectivity index (χ4n) is 1.80. The highest BCUT2D eigenvalue weighted by atomic mass is 32.1. The predicted octanol–water partition coefficient (Wildman–Crippen LogP) is 2.75. The summed E-state index contributed by atoms with van der Waals surface area (Å²) >= 11 is 1.42. The van der Waals surface area contributed by atoms with E-state index < -0.39 is 0 Å². The van der Waals surface area contributed by atoms with E-state index in [0.717, 1.165) is 29.5 Å². The number of aromatic nitrogens is 1. The van der Waals surface area contributed by atoms with E-state index in [1.54, 1.807) is 17.3 Å². The molecular weight excluding hydrogens is 246 g/mol. The van der Waals surface area contributed by atoms with Crippen molar-refractivity contribution in [3.8, 4) is 0 Å². The minimum atomic E-state index is 0.00199. The zero-order valence-corrected chi connectivity index (χ0v) is 11.5. The lowest BCUT2D eigenvalue weighted by molar-refractivity contribution is 0.0799. The van der Waals surface area contributed by atoms with Crippen LogP contribution in [0.5, 0.6) is 0 Å². The molecule has 18 heavy (non-hydrogen) atoms. The Balaban J connectivity index is 2.30. The molecule has 1 amide bonds. The number of anilines is 1. The fraction of sp³-hybridized carbons (Fsp3) is 0.385. The van der Waals surface area contributed by atoms with E-state index in [1.807, 2.05) is 13.1 Å². The smallest absolute Gasteiger partial charge is 0.265 e. The molecule has 0 spiro atoms. The lowest BCUT2D eigenvalue weighted by Gasteiger charge is -2.15. The van der Waals surface area contributed by atoms with Crippen LogP contribution < -0.4 is 5.73 Å². The largest absolute Gasteiger partial charge is 0.397 e. The Labute approximate surface area is 110 Å². The van der Waals surface area contributed by atoms with Gasteiger partial charge in [0.25, 0.3) is 5.91 Å². The third kappa shape index (κ3) is 2.31. The van der Waals surface area contributed by atoms with Crippen LogP contribution in [0, 0.1) is 0 Å². The Morgan fingerprint density at radius 1 is 1.56 bits per heavy atom. The van der Waals surface area contributed by atoms with E-state index in [9.17, 15) is 4.79 Å². The molecule has 0 unspecified atom stereocenters. The van der Waals surface area contributed by atoms with Crippen LogP contribution >= 0.6 is 11.3 Å². The van der Waals surface area contributed by atoms with E-state index in [-0.39, 0.29) is 5.91 Å². The van der Waals surface area contributed by atoms with Crippen molar-refractivity contribution in [2.45, 2.75) is 19.8 Å². The molecule has 0 aliphatic heterocycles. The number of nitrogens with two attached hydrogens (primary N) is 1. The van der Waals surface area contributed by atoms with Crippen LogP contribution in [0.3, 0.4) is 0 Å². The van der Waals surface area contributed by atoms with Crippen molar-refractivity contribution in [3.63, 3.8) is 0 Å². The summed E-state index contributed by atoms with van der Waals surface area (Å²) in [6, 6.07) is 1.85. The second-order valence-electron chi connectivity index (χ2n) is 4.30. The van der Waals surface area contributed by atoms with E-state index in [0.29, 0.717) is 10.6 Å². The fourth-order valence-corrected chi connectivity index (χ4v) is 2.88. The quantitative estimate of drug-likeness (QED) is 0.922. The predicted molar refractivity (Wildman–Crippen MR) is 75.9 cm³/mol. The highest BCUT2D eigenvalue weighted by Crippen LogP contribution is 2.33. The lowest BCUT2D eigenvalue weighted by Crippen LogP contribution is -2.27. The average Bonchev–Trinajstić information content (AvgIpc) is 2.73. The summed E-state index contributed by atoms with van der Waals surface area (Å²) in [6.07, 6.45) is 5.53. The molecule has 5 heteroatoms. The third-order valence-corrected chi connectivity index (χ3v) is 4.06. The molecule has 0 radical (unpaired) electrons. The SMILES string of the molecule is CCCCN(C)C(=O)c1sc2cnccc2c1N. The Bertz CT molecular complexity index is 564. The van der Waals surface area contributed by atoms with Crippen LogP contribution in [0.25, 0.3) is 10.1 Å². The van der Waals surface area contributed by atoms with Crippen molar-refractivity contribution in [1.82, 2.24) is 9.88 Å². The number of thiophene rings is 1. The van der Waals surface area contributed by atoms with Crippen LogP contribution in [0.1, 0.15) is 29.4 Å². The Morgan fingerprint density at radius 3 is 3.00 bits per heavy atom. The number of rotatable bonds is 4. The third-order valence-electron chi connectivity index (χ3n) is 2.92. The molecule has 96 valence electrons. The number of carbonyl (C=O) groups excluding carboxylic acids is 1. The van der Waals surface area contributed by atoms with Crippen molar-refractivity contribution in [2.75, 3.05) is 19.3 Å². The maximum absolute atomic E-state index is 12.3. The molecule has 0 bridgehead atoms. The van der Waals surface area contributed by atoms with Gasteiger partial charge >= 0.3 is 0 Å². The number of nitrogen functional groups attached to an aromatic ring is 1. The normalized spacial score (nSPS) is 10.8. The zero-order valence-electron chi connectivity index (χ0n) is 10.6. The number of nitrogens with zero attached hydrogens (tertiary/aromatic N) is 2. The molecule has 2 aromatic rings. The lowest BCUT2D eigenvalue weighted by atomic mass is 10.2. The van der Waals surface area contributed by atoms with Gasteiger partial charge < -0.3 is 10.6 Å². The molecule has 2 rings (SSSR count). The van der Waals surface area contributed by atoms with Crippen LogP contribution in [0.4, 0.5) is 5.69 Å². The van der Waals surface area contributed by atoms with Crippen LogP contribution in [0.2, 0.25) is 0 Å². The van der Waals surface area contributed by atoms with Gasteiger partial charge in [0, 0.05) is 31.4 Å². The first kappa shape index (κ1) is 12.8. The molecule has 2 heterocycles. The molecule has 0 atom stereocenters. The highest BCUT2D eigenvalue weighted by molar-refractivity contribution is 7.21. The Morgan fingerprint density at radius 2 is 2.33 bits per heavy atom. The molecule has 0 aliphatic carbocycles. The summed E-state index contributed by atoms with van der Waals surface area (Å²) in [5.41, 5.74) is 6.62. The van der Waals surface area contributed by atoms with E-state index >= 15 is 0 Å². The molecule has 0 saturated carbocycles. The number of unbranched alkanes of at least 4 members (excludes halogenated alkanes) is 1. The second kappa shape index (κ2) is 5.35. The number of pyridine rings is 1. The molecule has 0 fully saturated rings. The second-order valence-corrected chi connectivity index (χ2v) is 5.35. The van der Waals surface area contributed by atoms with Crippen molar-refractivity contribution >= 4 is 33.0 Å². The van der Waals surface area contributed by atoms with Gasteiger partial charge in [0.15, 0.2) is 0 Å². The summed E-state index contributed by atoms with van der Waals surface area (Å²) in [7, 11) is 1.82. The van der Waals surface area contributed by atoms with Crippen LogP contribution in [-0.2, 0) is 0 Å². The Kier molecular flexibility index (Phi) is 3.81. The molecule has 0 saturated heterocycles. The molecule has 0 aromatic carbocycles. The first-order chi connectivity index (χ1) is 8.65. The molecule has 2 aromatic heterocycles. The van der Waals surface area contributed by atoms with Gasteiger partial charge in [-0.15, -0.1) is 11.3 Å². The van der Waals surface area contributed by atoms with Crippen molar-refractivity contribution in [3.05, 3.63) is 23.3 Å². The van der Waals surface area contributed by atoms with Gasteiger partial charge in [-0.25, -0.2) is 0 Å². The van der Waals surface area contributed by atoms with E-state index in [1.165, 1.54) is 11.3 Å². The number of amides is 1. The molecule has 2 N–H and O–H groups in total. The topological polar surface area (TPSA) is 59.2 Å². The minimum Gasteiger partial charge on any atom is -0.397 e. The zero-order chi connectivity index (χ0) is 13.1. The van der Waals surface area contributed by atoms with Gasteiger partial charge in [-0.05, 0) is 12.5 Å². The monoisotopic (exact) mass is 263 g/mol. The minimum absolute atomic E-state index is 0.00199. The maximum Gasteiger partial charge on any atom is 0.265 e. The first-order valence-electron chi connectivity index (χ1n) is 6.02. The summed E-state index contributed by atoms with van der Waals surface area (Å²) in [4.78, 5) is 18.7. The van der Waals surface area contributed by atoms with Crippen molar-refractivity contribution in [1.29, 1.82) is 0 Å². The van der Waals surface area contributed by atoms with Gasteiger partial charge in [0.05, 0.1) is 10.4 Å². The van der Waals surface area contributed by atoms with E-state index in [2.05, 4.69) is 11.9 Å². The molecule has 4 nitrogen and oxygen atoms in total. The first-order valence-corrected chi connectivity index (χ1v) is 6.84. The van der Waals surface area contributed by atoms with E-state index in [4.69, 9.17) is 5.73 Å².